The van der Waals surface area contributed by atoms with Crippen LogP contribution in [0, 0.1) is 5.41 Å². The third-order valence-corrected chi connectivity index (χ3v) is 3.94. The molecule has 1 heterocycles. The Kier molecular flexibility index (Phi) is 3.65. The van der Waals surface area contributed by atoms with Crippen LogP contribution < -0.4 is 10.6 Å². The van der Waals surface area contributed by atoms with Crippen LogP contribution >= 0.6 is 0 Å². The molecule has 4 amide bonds. The monoisotopic (exact) mass is 297 g/mol. The highest BCUT2D eigenvalue weighted by atomic mass is 16.4. The number of aliphatic carboxylic acids is 1. The molecule has 0 radical (unpaired) electrons. The van der Waals surface area contributed by atoms with E-state index in [4.69, 9.17) is 5.11 Å². The van der Waals surface area contributed by atoms with Gasteiger partial charge in [-0.3, -0.25) is 19.3 Å². The molecule has 8 heteroatoms. The number of nitrogens with one attached hydrogen (secondary N) is 2. The van der Waals surface area contributed by atoms with Crippen molar-refractivity contribution in [3.63, 3.8) is 0 Å². The van der Waals surface area contributed by atoms with E-state index in [2.05, 4.69) is 10.6 Å². The number of carboxylic acid groups (broad SMARTS) is 1. The van der Waals surface area contributed by atoms with Gasteiger partial charge in [-0.2, -0.15) is 0 Å². The van der Waals surface area contributed by atoms with Crippen molar-refractivity contribution in [3.05, 3.63) is 0 Å². The van der Waals surface area contributed by atoms with Crippen molar-refractivity contribution in [2.24, 2.45) is 5.41 Å². The van der Waals surface area contributed by atoms with E-state index in [1.54, 1.807) is 13.8 Å². The predicted octanol–water partition coefficient (Wildman–Crippen LogP) is -0.312. The Balaban J connectivity index is 1.78. The molecule has 0 atom stereocenters. The van der Waals surface area contributed by atoms with Crippen molar-refractivity contribution in [2.45, 2.75) is 38.6 Å². The molecule has 2 aliphatic rings. The second-order valence-electron chi connectivity index (χ2n) is 6.12. The highest BCUT2D eigenvalue weighted by molar-refractivity contribution is 6.06. The van der Waals surface area contributed by atoms with E-state index in [-0.39, 0.29) is 31.3 Å². The zero-order valence-corrected chi connectivity index (χ0v) is 12.1. The van der Waals surface area contributed by atoms with Gasteiger partial charge in [-0.1, -0.05) is 0 Å². The zero-order chi connectivity index (χ0) is 15.8. The van der Waals surface area contributed by atoms with Gasteiger partial charge in [0.2, 0.25) is 5.91 Å². The summed E-state index contributed by atoms with van der Waals surface area (Å²) in [4.78, 5) is 47.2. The fourth-order valence-electron chi connectivity index (χ4n) is 2.21. The Hall–Kier alpha value is -2.12. The number of amides is 4. The van der Waals surface area contributed by atoms with Gasteiger partial charge in [0.05, 0.1) is 5.41 Å². The molecular weight excluding hydrogens is 278 g/mol. The molecule has 1 saturated heterocycles. The van der Waals surface area contributed by atoms with Gasteiger partial charge in [-0.05, 0) is 26.7 Å². The number of nitrogens with zero attached hydrogens (tertiary/aromatic N) is 1. The molecule has 0 unspecified atom stereocenters. The van der Waals surface area contributed by atoms with Crippen molar-refractivity contribution in [1.82, 2.24) is 15.5 Å². The van der Waals surface area contributed by atoms with Crippen LogP contribution in [-0.4, -0.2) is 52.4 Å². The Labute approximate surface area is 121 Å². The van der Waals surface area contributed by atoms with Gasteiger partial charge in [-0.25, -0.2) is 4.79 Å². The average Bonchev–Trinajstić information content (AvgIpc) is 3.13. The number of imide groups is 1. The molecule has 8 nitrogen and oxygen atoms in total. The molecule has 1 aliphatic carbocycles. The maximum Gasteiger partial charge on any atom is 0.325 e. The van der Waals surface area contributed by atoms with Crippen LogP contribution in [0.15, 0.2) is 0 Å². The van der Waals surface area contributed by atoms with Gasteiger partial charge in [0.15, 0.2) is 0 Å². The summed E-state index contributed by atoms with van der Waals surface area (Å²) in [5.41, 5.74) is -1.77. The smallest absolute Gasteiger partial charge is 0.325 e. The van der Waals surface area contributed by atoms with Crippen LogP contribution in [-0.2, 0) is 14.4 Å². The minimum Gasteiger partial charge on any atom is -0.481 e. The molecule has 2 rings (SSSR count). The number of hydrogen-bond acceptors (Lipinski definition) is 4. The molecule has 0 aromatic carbocycles. The van der Waals surface area contributed by atoms with Crippen molar-refractivity contribution < 1.29 is 24.3 Å². The van der Waals surface area contributed by atoms with Crippen molar-refractivity contribution in [2.75, 3.05) is 13.1 Å². The maximum atomic E-state index is 11.9. The molecule has 0 aromatic heterocycles. The van der Waals surface area contributed by atoms with Gasteiger partial charge in [0, 0.05) is 19.5 Å². The molecule has 0 spiro atoms. The molecule has 0 aromatic rings. The van der Waals surface area contributed by atoms with E-state index < -0.39 is 23.0 Å². The molecular formula is C13H19N3O5. The molecule has 1 aliphatic heterocycles. The number of carboxylic acids is 1. The van der Waals surface area contributed by atoms with Crippen LogP contribution in [0.25, 0.3) is 0 Å². The molecule has 2 fully saturated rings. The van der Waals surface area contributed by atoms with Crippen LogP contribution in [0.1, 0.15) is 33.1 Å². The lowest BCUT2D eigenvalue weighted by Crippen LogP contribution is -2.41. The zero-order valence-electron chi connectivity index (χ0n) is 12.1. The molecule has 0 bridgehead atoms. The largest absolute Gasteiger partial charge is 0.481 e. The Morgan fingerprint density at radius 3 is 2.38 bits per heavy atom. The maximum absolute atomic E-state index is 11.9. The Morgan fingerprint density at radius 1 is 1.33 bits per heavy atom. The van der Waals surface area contributed by atoms with E-state index in [1.165, 1.54) is 0 Å². The summed E-state index contributed by atoms with van der Waals surface area (Å²) in [6.45, 7) is 3.26. The van der Waals surface area contributed by atoms with Crippen molar-refractivity contribution in [3.8, 4) is 0 Å². The first-order valence-electron chi connectivity index (χ1n) is 6.82. The highest BCUT2D eigenvalue weighted by Crippen LogP contribution is 2.45. The van der Waals surface area contributed by atoms with E-state index in [0.717, 1.165) is 4.90 Å². The minimum atomic E-state index is -0.949. The fraction of sp³-hybridized carbons (Fsp3) is 0.692. The first kappa shape index (κ1) is 15.3. The summed E-state index contributed by atoms with van der Waals surface area (Å²) in [5, 5.41) is 14.1. The number of hydrogen-bond donors (Lipinski definition) is 3. The third kappa shape index (κ3) is 2.98. The van der Waals surface area contributed by atoms with E-state index >= 15 is 0 Å². The normalized spacial score (nSPS) is 21.9. The number of urea groups is 1. The Morgan fingerprint density at radius 2 is 1.95 bits per heavy atom. The van der Waals surface area contributed by atoms with E-state index in [1.807, 2.05) is 0 Å². The van der Waals surface area contributed by atoms with E-state index in [0.29, 0.717) is 12.8 Å². The summed E-state index contributed by atoms with van der Waals surface area (Å²) >= 11 is 0. The summed E-state index contributed by atoms with van der Waals surface area (Å²) in [5.74, 6) is -1.64. The SMILES string of the molecule is CC1(C)NC(=O)N(CCC(=O)NCC2(C(=O)O)CC2)C1=O. The first-order valence-corrected chi connectivity index (χ1v) is 6.82. The highest BCUT2D eigenvalue weighted by Gasteiger charge is 2.50. The van der Waals surface area contributed by atoms with E-state index in [9.17, 15) is 19.2 Å². The number of rotatable bonds is 6. The lowest BCUT2D eigenvalue weighted by atomic mass is 10.1. The second-order valence-corrected chi connectivity index (χ2v) is 6.12. The summed E-state index contributed by atoms with van der Waals surface area (Å²) in [6.07, 6.45) is 1.08. The van der Waals surface area contributed by atoms with Gasteiger partial charge < -0.3 is 15.7 Å². The fourth-order valence-corrected chi connectivity index (χ4v) is 2.21. The van der Waals surface area contributed by atoms with Crippen LogP contribution in [0.4, 0.5) is 4.79 Å². The Bertz CT molecular complexity index is 510. The third-order valence-electron chi connectivity index (χ3n) is 3.94. The lowest BCUT2D eigenvalue weighted by molar-refractivity contribution is -0.143. The molecule has 3 N–H and O–H groups in total. The topological polar surface area (TPSA) is 116 Å². The number of carbonyl (C=O) groups excluding carboxylic acids is 3. The summed E-state index contributed by atoms with van der Waals surface area (Å²) < 4.78 is 0. The predicted molar refractivity (Wildman–Crippen MR) is 71.3 cm³/mol. The lowest BCUT2D eigenvalue weighted by Gasteiger charge is -2.16. The van der Waals surface area contributed by atoms with Crippen molar-refractivity contribution >= 4 is 23.8 Å². The van der Waals surface area contributed by atoms with Crippen LogP contribution in [0.3, 0.4) is 0 Å². The molecule has 116 valence electrons. The molecule has 21 heavy (non-hydrogen) atoms. The second kappa shape index (κ2) is 5.01. The quantitative estimate of drug-likeness (QED) is 0.581. The van der Waals surface area contributed by atoms with Crippen LogP contribution in [0.5, 0.6) is 0 Å². The summed E-state index contributed by atoms with van der Waals surface area (Å²) in [7, 11) is 0. The van der Waals surface area contributed by atoms with Crippen molar-refractivity contribution in [1.29, 1.82) is 0 Å². The van der Waals surface area contributed by atoms with Gasteiger partial charge in [0.1, 0.15) is 5.54 Å². The standard InChI is InChI=1S/C13H19N3O5/c1-12(2)9(18)16(11(21)15-12)6-3-8(17)14-7-13(4-5-13)10(19)20/h3-7H2,1-2H3,(H,14,17)(H,15,21)(H,19,20). The minimum absolute atomic E-state index is 0.0139. The van der Waals surface area contributed by atoms with Gasteiger partial charge in [-0.15, -0.1) is 0 Å². The van der Waals surface area contributed by atoms with Gasteiger partial charge >= 0.3 is 12.0 Å². The van der Waals surface area contributed by atoms with Gasteiger partial charge in [0.25, 0.3) is 5.91 Å². The summed E-state index contributed by atoms with van der Waals surface area (Å²) in [6, 6.07) is -0.512. The first-order chi connectivity index (χ1) is 9.68. The molecule has 1 saturated carbocycles. The average molecular weight is 297 g/mol. The number of carbonyl (C=O) groups is 4. The van der Waals surface area contributed by atoms with Crippen LogP contribution in [0.2, 0.25) is 0 Å².